The van der Waals surface area contributed by atoms with Crippen molar-refractivity contribution in [3.8, 4) is 0 Å². The molecule has 0 bridgehead atoms. The second kappa shape index (κ2) is 3.89. The van der Waals surface area contributed by atoms with Crippen molar-refractivity contribution in [3.63, 3.8) is 0 Å². The predicted molar refractivity (Wildman–Crippen MR) is 58.2 cm³/mol. The van der Waals surface area contributed by atoms with Gasteiger partial charge in [-0.25, -0.2) is 0 Å². The standard InChI is InChI=1S/C12H11NO3/c1-8(14)9-2-4-10(5-3-9)13-11(15)6-7-12(13)16/h2-5H,6-7H2,1H3. The summed E-state index contributed by atoms with van der Waals surface area (Å²) >= 11 is 0. The molecule has 1 aliphatic rings. The molecule has 4 heteroatoms. The van der Waals surface area contributed by atoms with Gasteiger partial charge in [0.15, 0.2) is 5.78 Å². The van der Waals surface area contributed by atoms with Gasteiger partial charge in [0.1, 0.15) is 0 Å². The number of Topliss-reactive ketones (excluding diaryl/α,β-unsaturated/α-hetero) is 1. The highest BCUT2D eigenvalue weighted by molar-refractivity contribution is 6.19. The topological polar surface area (TPSA) is 54.5 Å². The molecule has 0 aliphatic carbocycles. The van der Waals surface area contributed by atoms with Gasteiger partial charge < -0.3 is 0 Å². The van der Waals surface area contributed by atoms with Crippen LogP contribution in [0, 0.1) is 0 Å². The first kappa shape index (κ1) is 10.5. The third kappa shape index (κ3) is 1.74. The Morgan fingerprint density at radius 1 is 1.06 bits per heavy atom. The molecule has 16 heavy (non-hydrogen) atoms. The van der Waals surface area contributed by atoms with Crippen molar-refractivity contribution >= 4 is 23.3 Å². The van der Waals surface area contributed by atoms with Crippen LogP contribution in [0.25, 0.3) is 0 Å². The Hall–Kier alpha value is -1.97. The van der Waals surface area contributed by atoms with Gasteiger partial charge in [0.05, 0.1) is 5.69 Å². The molecule has 2 rings (SSSR count). The van der Waals surface area contributed by atoms with Crippen molar-refractivity contribution in [1.29, 1.82) is 0 Å². The fraction of sp³-hybridized carbons (Fsp3) is 0.250. The molecule has 4 nitrogen and oxygen atoms in total. The molecule has 0 spiro atoms. The van der Waals surface area contributed by atoms with Crippen LogP contribution in [0.1, 0.15) is 30.1 Å². The SMILES string of the molecule is CC(=O)c1ccc(N2C(=O)CCC2=O)cc1. The van der Waals surface area contributed by atoms with Gasteiger partial charge >= 0.3 is 0 Å². The maximum atomic E-state index is 11.4. The smallest absolute Gasteiger partial charge is 0.234 e. The zero-order valence-electron chi connectivity index (χ0n) is 8.90. The summed E-state index contributed by atoms with van der Waals surface area (Å²) in [5.41, 5.74) is 1.11. The van der Waals surface area contributed by atoms with E-state index in [-0.39, 0.29) is 30.4 Å². The van der Waals surface area contributed by atoms with Crippen LogP contribution in [0.3, 0.4) is 0 Å². The van der Waals surface area contributed by atoms with E-state index in [0.717, 1.165) is 0 Å². The summed E-state index contributed by atoms with van der Waals surface area (Å²) in [5, 5.41) is 0. The Balaban J connectivity index is 2.31. The molecule has 2 amide bonds. The molecule has 0 saturated carbocycles. The van der Waals surface area contributed by atoms with E-state index < -0.39 is 0 Å². The Morgan fingerprint density at radius 2 is 1.56 bits per heavy atom. The number of rotatable bonds is 2. The molecule has 1 saturated heterocycles. The fourth-order valence-electron chi connectivity index (χ4n) is 1.71. The number of ketones is 1. The molecular formula is C12H11NO3. The number of nitrogens with zero attached hydrogens (tertiary/aromatic N) is 1. The predicted octanol–water partition coefficient (Wildman–Crippen LogP) is 1.54. The molecule has 0 atom stereocenters. The van der Waals surface area contributed by atoms with E-state index in [0.29, 0.717) is 11.3 Å². The van der Waals surface area contributed by atoms with E-state index in [1.54, 1.807) is 24.3 Å². The maximum absolute atomic E-state index is 11.4. The highest BCUT2D eigenvalue weighted by Crippen LogP contribution is 2.22. The van der Waals surface area contributed by atoms with E-state index in [1.165, 1.54) is 11.8 Å². The minimum Gasteiger partial charge on any atom is -0.295 e. The molecule has 1 heterocycles. The molecule has 1 aliphatic heterocycles. The molecule has 0 N–H and O–H groups in total. The van der Waals surface area contributed by atoms with Crippen LogP contribution in [0.15, 0.2) is 24.3 Å². The van der Waals surface area contributed by atoms with Gasteiger partial charge in [-0.2, -0.15) is 0 Å². The number of anilines is 1. The van der Waals surface area contributed by atoms with Gasteiger partial charge in [-0.15, -0.1) is 0 Å². The molecule has 1 aromatic carbocycles. The quantitative estimate of drug-likeness (QED) is 0.557. The monoisotopic (exact) mass is 217 g/mol. The zero-order valence-corrected chi connectivity index (χ0v) is 8.90. The summed E-state index contributed by atoms with van der Waals surface area (Å²) in [4.78, 5) is 35.1. The van der Waals surface area contributed by atoms with E-state index in [2.05, 4.69) is 0 Å². The van der Waals surface area contributed by atoms with Crippen LogP contribution < -0.4 is 4.90 Å². The molecular weight excluding hydrogens is 206 g/mol. The van der Waals surface area contributed by atoms with E-state index in [9.17, 15) is 14.4 Å². The number of imide groups is 1. The average molecular weight is 217 g/mol. The lowest BCUT2D eigenvalue weighted by molar-refractivity contribution is -0.121. The number of carbonyl (C=O) groups is 3. The zero-order chi connectivity index (χ0) is 11.7. The lowest BCUT2D eigenvalue weighted by Gasteiger charge is -2.13. The third-order valence-electron chi connectivity index (χ3n) is 2.58. The Labute approximate surface area is 92.9 Å². The van der Waals surface area contributed by atoms with Crippen LogP contribution >= 0.6 is 0 Å². The summed E-state index contributed by atoms with van der Waals surface area (Å²) in [6.07, 6.45) is 0.542. The van der Waals surface area contributed by atoms with Gasteiger partial charge in [0.25, 0.3) is 0 Å². The summed E-state index contributed by atoms with van der Waals surface area (Å²) in [6, 6.07) is 6.49. The van der Waals surface area contributed by atoms with Crippen LogP contribution in [-0.2, 0) is 9.59 Å². The molecule has 1 aromatic rings. The van der Waals surface area contributed by atoms with Crippen molar-refractivity contribution < 1.29 is 14.4 Å². The molecule has 0 unspecified atom stereocenters. The Morgan fingerprint density at radius 3 is 2.00 bits per heavy atom. The first-order valence-electron chi connectivity index (χ1n) is 5.06. The average Bonchev–Trinajstić information content (AvgIpc) is 2.59. The van der Waals surface area contributed by atoms with E-state index in [1.807, 2.05) is 0 Å². The molecule has 1 fully saturated rings. The van der Waals surface area contributed by atoms with Gasteiger partial charge in [0, 0.05) is 18.4 Å². The van der Waals surface area contributed by atoms with Crippen molar-refractivity contribution in [3.05, 3.63) is 29.8 Å². The number of hydrogen-bond donors (Lipinski definition) is 0. The lowest BCUT2D eigenvalue weighted by atomic mass is 10.1. The summed E-state index contributed by atoms with van der Waals surface area (Å²) in [6.45, 7) is 1.47. The second-order valence-electron chi connectivity index (χ2n) is 3.73. The lowest BCUT2D eigenvalue weighted by Crippen LogP contribution is -2.28. The molecule has 82 valence electrons. The second-order valence-corrected chi connectivity index (χ2v) is 3.73. The number of hydrogen-bond acceptors (Lipinski definition) is 3. The molecule has 0 radical (unpaired) electrons. The largest absolute Gasteiger partial charge is 0.295 e. The summed E-state index contributed by atoms with van der Waals surface area (Å²) < 4.78 is 0. The first-order valence-corrected chi connectivity index (χ1v) is 5.06. The van der Waals surface area contributed by atoms with Crippen LogP contribution in [0.5, 0.6) is 0 Å². The minimum atomic E-state index is -0.180. The van der Waals surface area contributed by atoms with Crippen molar-refractivity contribution in [1.82, 2.24) is 0 Å². The Kier molecular flexibility index (Phi) is 2.56. The van der Waals surface area contributed by atoms with E-state index >= 15 is 0 Å². The number of amides is 2. The fourth-order valence-corrected chi connectivity index (χ4v) is 1.71. The first-order chi connectivity index (χ1) is 7.59. The van der Waals surface area contributed by atoms with Crippen molar-refractivity contribution in [2.75, 3.05) is 4.90 Å². The third-order valence-corrected chi connectivity index (χ3v) is 2.58. The molecule has 0 aromatic heterocycles. The summed E-state index contributed by atoms with van der Waals surface area (Å²) in [7, 11) is 0. The minimum absolute atomic E-state index is 0.0365. The van der Waals surface area contributed by atoms with Crippen LogP contribution in [-0.4, -0.2) is 17.6 Å². The van der Waals surface area contributed by atoms with Gasteiger partial charge in [-0.05, 0) is 31.2 Å². The van der Waals surface area contributed by atoms with Crippen molar-refractivity contribution in [2.24, 2.45) is 0 Å². The van der Waals surface area contributed by atoms with Crippen LogP contribution in [0.4, 0.5) is 5.69 Å². The van der Waals surface area contributed by atoms with Crippen LogP contribution in [0.2, 0.25) is 0 Å². The van der Waals surface area contributed by atoms with Gasteiger partial charge in [0.2, 0.25) is 11.8 Å². The maximum Gasteiger partial charge on any atom is 0.234 e. The number of benzene rings is 1. The normalized spacial score (nSPS) is 15.7. The van der Waals surface area contributed by atoms with E-state index in [4.69, 9.17) is 0 Å². The highest BCUT2D eigenvalue weighted by Gasteiger charge is 2.30. The van der Waals surface area contributed by atoms with Gasteiger partial charge in [-0.1, -0.05) is 0 Å². The van der Waals surface area contributed by atoms with Gasteiger partial charge in [-0.3, -0.25) is 19.3 Å². The highest BCUT2D eigenvalue weighted by atomic mass is 16.2. The van der Waals surface area contributed by atoms with Crippen molar-refractivity contribution in [2.45, 2.75) is 19.8 Å². The summed E-state index contributed by atoms with van der Waals surface area (Å²) in [5.74, 6) is -0.397. The Bertz CT molecular complexity index is 446. The number of carbonyl (C=O) groups excluding carboxylic acids is 3.